The summed E-state index contributed by atoms with van der Waals surface area (Å²) in [4.78, 5) is 0. The molecule has 0 unspecified atom stereocenters. The summed E-state index contributed by atoms with van der Waals surface area (Å²) in [5.74, 6) is 0. The van der Waals surface area contributed by atoms with Crippen LogP contribution in [0.4, 0.5) is 8.78 Å². The molecule has 4 heteroatoms. The number of hydrogen-bond donors (Lipinski definition) is 1. The van der Waals surface area contributed by atoms with Crippen LogP contribution in [0.3, 0.4) is 0 Å². The topological polar surface area (TPSA) is 17.0 Å². The minimum atomic E-state index is -2.33. The lowest BCUT2D eigenvalue weighted by atomic mass is 10.1. The molecule has 0 amide bonds. The van der Waals surface area contributed by atoms with Gasteiger partial charge in [-0.1, -0.05) is 18.2 Å². The number of rotatable bonds is 4. The van der Waals surface area contributed by atoms with E-state index < -0.39 is 6.43 Å². The largest absolute Gasteiger partial charge is 0.341 e. The number of nitrogens with one attached hydrogen (secondary N) is 1. The first-order valence-electron chi connectivity index (χ1n) is 6.47. The Morgan fingerprint density at radius 1 is 1.21 bits per heavy atom. The lowest BCUT2D eigenvalue weighted by Gasteiger charge is -2.21. The minimum absolute atomic E-state index is 0.00228. The number of fused-ring (bicyclic) bond motifs is 1. The molecule has 2 rings (SSSR count). The van der Waals surface area contributed by atoms with Crippen LogP contribution in [0.2, 0.25) is 0 Å². The monoisotopic (exact) mass is 266 g/mol. The van der Waals surface area contributed by atoms with Crippen molar-refractivity contribution in [2.24, 2.45) is 0 Å². The van der Waals surface area contributed by atoms with Gasteiger partial charge in [-0.25, -0.2) is 8.78 Å². The molecule has 1 heterocycles. The summed E-state index contributed by atoms with van der Waals surface area (Å²) in [7, 11) is 0. The van der Waals surface area contributed by atoms with Gasteiger partial charge in [-0.15, -0.1) is 0 Å². The molecular formula is C15H20F2N2. The third kappa shape index (κ3) is 3.53. The second-order valence-corrected chi connectivity index (χ2v) is 5.82. The third-order valence-electron chi connectivity index (χ3n) is 3.02. The standard InChI is InChI=1S/C15H20F2N2/c1-15(2,3)18-9-12-6-4-5-11-7-8-19(14(11)12)10-13(16)17/h4-8,13,18H,9-10H2,1-3H3. The molecule has 0 saturated heterocycles. The van der Waals surface area contributed by atoms with Gasteiger partial charge in [0.15, 0.2) is 0 Å². The van der Waals surface area contributed by atoms with Gasteiger partial charge in [-0.05, 0) is 37.8 Å². The number of alkyl halides is 2. The summed E-state index contributed by atoms with van der Waals surface area (Å²) in [6, 6.07) is 7.80. The maximum Gasteiger partial charge on any atom is 0.256 e. The molecule has 2 nitrogen and oxygen atoms in total. The highest BCUT2D eigenvalue weighted by Crippen LogP contribution is 2.22. The second-order valence-electron chi connectivity index (χ2n) is 5.82. The van der Waals surface area contributed by atoms with Crippen molar-refractivity contribution in [2.75, 3.05) is 0 Å². The van der Waals surface area contributed by atoms with Crippen molar-refractivity contribution in [1.82, 2.24) is 9.88 Å². The van der Waals surface area contributed by atoms with Gasteiger partial charge >= 0.3 is 0 Å². The van der Waals surface area contributed by atoms with Crippen LogP contribution in [0, 0.1) is 0 Å². The van der Waals surface area contributed by atoms with Gasteiger partial charge in [0.2, 0.25) is 0 Å². The van der Waals surface area contributed by atoms with Gasteiger partial charge in [0.1, 0.15) is 0 Å². The van der Waals surface area contributed by atoms with Gasteiger partial charge < -0.3 is 9.88 Å². The molecule has 0 atom stereocenters. The Labute approximate surface area is 112 Å². The van der Waals surface area contributed by atoms with Gasteiger partial charge in [0.25, 0.3) is 6.43 Å². The van der Waals surface area contributed by atoms with Crippen molar-refractivity contribution in [1.29, 1.82) is 0 Å². The van der Waals surface area contributed by atoms with Crippen LogP contribution in [0.1, 0.15) is 26.3 Å². The predicted octanol–water partition coefficient (Wildman–Crippen LogP) is 3.79. The average Bonchev–Trinajstić information content (AvgIpc) is 2.69. The zero-order valence-corrected chi connectivity index (χ0v) is 11.6. The first-order valence-corrected chi connectivity index (χ1v) is 6.47. The van der Waals surface area contributed by atoms with E-state index in [4.69, 9.17) is 0 Å². The Kier molecular flexibility index (Phi) is 3.90. The van der Waals surface area contributed by atoms with E-state index in [-0.39, 0.29) is 12.1 Å². The average molecular weight is 266 g/mol. The van der Waals surface area contributed by atoms with Crippen LogP contribution >= 0.6 is 0 Å². The van der Waals surface area contributed by atoms with Gasteiger partial charge in [0.05, 0.1) is 12.1 Å². The van der Waals surface area contributed by atoms with Crippen LogP contribution in [-0.2, 0) is 13.1 Å². The molecular weight excluding hydrogens is 246 g/mol. The predicted molar refractivity (Wildman–Crippen MR) is 74.5 cm³/mol. The summed E-state index contributed by atoms with van der Waals surface area (Å²) in [5, 5.41) is 4.41. The summed E-state index contributed by atoms with van der Waals surface area (Å²) in [6.45, 7) is 6.69. The molecule has 0 aliphatic carbocycles. The van der Waals surface area contributed by atoms with Crippen LogP contribution in [-0.4, -0.2) is 16.5 Å². The highest BCUT2D eigenvalue weighted by atomic mass is 19.3. The highest BCUT2D eigenvalue weighted by molar-refractivity contribution is 5.83. The van der Waals surface area contributed by atoms with Crippen molar-refractivity contribution in [3.63, 3.8) is 0 Å². The quantitative estimate of drug-likeness (QED) is 0.890. The summed E-state index contributed by atoms with van der Waals surface area (Å²) in [6.07, 6.45) is -0.600. The van der Waals surface area contributed by atoms with Crippen LogP contribution in [0.15, 0.2) is 30.5 Å². The van der Waals surface area contributed by atoms with Crippen LogP contribution in [0.25, 0.3) is 10.9 Å². The van der Waals surface area contributed by atoms with E-state index in [1.54, 1.807) is 10.8 Å². The number of benzene rings is 1. The smallest absolute Gasteiger partial charge is 0.256 e. The van der Waals surface area contributed by atoms with Crippen molar-refractivity contribution >= 4 is 10.9 Å². The normalized spacial score (nSPS) is 12.5. The molecule has 1 N–H and O–H groups in total. The Bertz CT molecular complexity index is 553. The third-order valence-corrected chi connectivity index (χ3v) is 3.02. The molecule has 0 spiro atoms. The molecule has 0 aliphatic heterocycles. The zero-order valence-electron chi connectivity index (χ0n) is 11.6. The fraction of sp³-hybridized carbons (Fsp3) is 0.467. The van der Waals surface area contributed by atoms with Crippen molar-refractivity contribution in [3.8, 4) is 0 Å². The molecule has 1 aromatic heterocycles. The van der Waals surface area contributed by atoms with E-state index in [1.165, 1.54) is 0 Å². The SMILES string of the molecule is CC(C)(C)NCc1cccc2ccn(CC(F)F)c12. The Hall–Kier alpha value is -1.42. The molecule has 0 radical (unpaired) electrons. The molecule has 1 aromatic carbocycles. The maximum absolute atomic E-state index is 12.6. The van der Waals surface area contributed by atoms with Crippen molar-refractivity contribution in [3.05, 3.63) is 36.0 Å². The Balaban J connectivity index is 2.34. The first-order chi connectivity index (χ1) is 8.87. The molecule has 0 aliphatic rings. The molecule has 2 aromatic rings. The van der Waals surface area contributed by atoms with Crippen LogP contribution < -0.4 is 5.32 Å². The maximum atomic E-state index is 12.6. The van der Waals surface area contributed by atoms with E-state index in [1.807, 2.05) is 24.3 Å². The molecule has 0 saturated carbocycles. The second kappa shape index (κ2) is 5.29. The fourth-order valence-corrected chi connectivity index (χ4v) is 2.14. The van der Waals surface area contributed by atoms with E-state index in [2.05, 4.69) is 26.1 Å². The van der Waals surface area contributed by atoms with Gasteiger partial charge in [-0.2, -0.15) is 0 Å². The Morgan fingerprint density at radius 2 is 1.95 bits per heavy atom. The number of halogens is 2. The van der Waals surface area contributed by atoms with E-state index in [9.17, 15) is 8.78 Å². The van der Waals surface area contributed by atoms with Crippen molar-refractivity contribution in [2.45, 2.75) is 45.8 Å². The summed E-state index contributed by atoms with van der Waals surface area (Å²) in [5.41, 5.74) is 1.96. The number of hydrogen-bond acceptors (Lipinski definition) is 1. The first kappa shape index (κ1) is 14.0. The lowest BCUT2D eigenvalue weighted by molar-refractivity contribution is 0.128. The Morgan fingerprint density at radius 3 is 2.58 bits per heavy atom. The van der Waals surface area contributed by atoms with Gasteiger partial charge in [-0.3, -0.25) is 0 Å². The summed E-state index contributed by atoms with van der Waals surface area (Å²) >= 11 is 0. The highest BCUT2D eigenvalue weighted by Gasteiger charge is 2.13. The van der Waals surface area contributed by atoms with E-state index in [0.717, 1.165) is 16.5 Å². The van der Waals surface area contributed by atoms with Crippen LogP contribution in [0.5, 0.6) is 0 Å². The molecule has 0 bridgehead atoms. The molecule has 19 heavy (non-hydrogen) atoms. The molecule has 104 valence electrons. The fourth-order valence-electron chi connectivity index (χ4n) is 2.14. The summed E-state index contributed by atoms with van der Waals surface area (Å²) < 4.78 is 26.8. The molecule has 0 fully saturated rings. The minimum Gasteiger partial charge on any atom is -0.341 e. The zero-order chi connectivity index (χ0) is 14.0. The van der Waals surface area contributed by atoms with Crippen molar-refractivity contribution < 1.29 is 8.78 Å². The number of aromatic nitrogens is 1. The number of para-hydroxylation sites is 1. The van der Waals surface area contributed by atoms with Gasteiger partial charge in [0, 0.05) is 18.3 Å². The van der Waals surface area contributed by atoms with E-state index >= 15 is 0 Å². The number of nitrogens with zero attached hydrogens (tertiary/aromatic N) is 1. The lowest BCUT2D eigenvalue weighted by Crippen LogP contribution is -2.35. The van der Waals surface area contributed by atoms with E-state index in [0.29, 0.717) is 6.54 Å².